The minimum atomic E-state index is -0.0198. The van der Waals surface area contributed by atoms with E-state index in [0.29, 0.717) is 11.2 Å². The van der Waals surface area contributed by atoms with E-state index in [1.54, 1.807) is 0 Å². The number of aromatic nitrogens is 2. The molecule has 2 heterocycles. The maximum Gasteiger partial charge on any atom is 0.243 e. The minimum Gasteiger partial charge on any atom is -0.299 e. The molecule has 2 aliphatic rings. The largest absolute Gasteiger partial charge is 0.299 e. The molecule has 0 radical (unpaired) electrons. The molecule has 1 aliphatic carbocycles. The predicted molar refractivity (Wildman–Crippen MR) is 80.0 cm³/mol. The molecule has 1 saturated heterocycles. The lowest BCUT2D eigenvalue weighted by molar-refractivity contribution is -0.120. The van der Waals surface area contributed by atoms with E-state index in [-0.39, 0.29) is 17.4 Å². The van der Waals surface area contributed by atoms with Gasteiger partial charge in [0.25, 0.3) is 0 Å². The summed E-state index contributed by atoms with van der Waals surface area (Å²) in [6.07, 6.45) is 4.58. The van der Waals surface area contributed by atoms with Crippen LogP contribution in [0.4, 0.5) is 5.13 Å². The molecule has 0 bridgehead atoms. The van der Waals surface area contributed by atoms with Crippen molar-refractivity contribution in [2.24, 2.45) is 0 Å². The summed E-state index contributed by atoms with van der Waals surface area (Å²) in [4.78, 5) is 14.8. The van der Waals surface area contributed by atoms with Gasteiger partial charge in [-0.15, -0.1) is 10.2 Å². The second kappa shape index (κ2) is 5.07. The molecule has 1 saturated carbocycles. The highest BCUT2D eigenvalue weighted by Crippen LogP contribution is 2.34. The Bertz CT molecular complexity index is 504. The molecule has 2 fully saturated rings. The monoisotopic (exact) mass is 294 g/mol. The maximum atomic E-state index is 12.4. The smallest absolute Gasteiger partial charge is 0.243 e. The van der Waals surface area contributed by atoms with Gasteiger partial charge in [-0.3, -0.25) is 15.0 Å². The zero-order valence-electron chi connectivity index (χ0n) is 12.3. The van der Waals surface area contributed by atoms with Gasteiger partial charge in [-0.05, 0) is 32.2 Å². The lowest BCUT2D eigenvalue weighted by atomic mass is 9.98. The van der Waals surface area contributed by atoms with Crippen molar-refractivity contribution in [3.8, 4) is 0 Å². The summed E-state index contributed by atoms with van der Waals surface area (Å²) < 4.78 is 0. The quantitative estimate of drug-likeness (QED) is 0.930. The molecule has 3 rings (SSSR count). The van der Waals surface area contributed by atoms with Crippen molar-refractivity contribution in [1.29, 1.82) is 0 Å². The highest BCUT2D eigenvalue weighted by molar-refractivity contribution is 7.15. The summed E-state index contributed by atoms with van der Waals surface area (Å²) in [6.45, 7) is 7.37. The Labute approximate surface area is 123 Å². The highest BCUT2D eigenvalue weighted by atomic mass is 32.1. The van der Waals surface area contributed by atoms with E-state index in [9.17, 15) is 4.79 Å². The molecule has 1 aromatic rings. The standard InChI is InChI=1S/C14H22N4OS/c1-14(2,3)12-16-17-13(20-12)15-11(19)10-5-4-8-18(10)9-6-7-9/h9-10H,4-8H2,1-3H3,(H,15,17,19)/t10-/m0/s1. The van der Waals surface area contributed by atoms with Crippen molar-refractivity contribution in [3.63, 3.8) is 0 Å². The van der Waals surface area contributed by atoms with Gasteiger partial charge in [0.05, 0.1) is 6.04 Å². The third-order valence-electron chi connectivity index (χ3n) is 3.91. The van der Waals surface area contributed by atoms with Crippen LogP contribution in [0.25, 0.3) is 0 Å². The Kier molecular flexibility index (Phi) is 3.54. The first kappa shape index (κ1) is 13.9. The zero-order valence-corrected chi connectivity index (χ0v) is 13.2. The van der Waals surface area contributed by atoms with Crippen molar-refractivity contribution in [1.82, 2.24) is 15.1 Å². The van der Waals surface area contributed by atoms with Crippen LogP contribution in [0.15, 0.2) is 0 Å². The van der Waals surface area contributed by atoms with Crippen LogP contribution in [-0.2, 0) is 10.2 Å². The zero-order chi connectivity index (χ0) is 14.3. The van der Waals surface area contributed by atoms with E-state index in [1.807, 2.05) is 0 Å². The predicted octanol–water partition coefficient (Wildman–Crippen LogP) is 2.40. The number of likely N-dealkylation sites (tertiary alicyclic amines) is 1. The van der Waals surface area contributed by atoms with E-state index in [2.05, 4.69) is 41.2 Å². The fraction of sp³-hybridized carbons (Fsp3) is 0.786. The van der Waals surface area contributed by atoms with Gasteiger partial charge in [0, 0.05) is 11.5 Å². The molecule has 1 aliphatic heterocycles. The van der Waals surface area contributed by atoms with Gasteiger partial charge in [0.1, 0.15) is 5.01 Å². The molecule has 1 N–H and O–H groups in total. The van der Waals surface area contributed by atoms with E-state index in [4.69, 9.17) is 0 Å². The average molecular weight is 294 g/mol. The molecule has 110 valence electrons. The lowest BCUT2D eigenvalue weighted by Gasteiger charge is -2.22. The number of anilines is 1. The van der Waals surface area contributed by atoms with E-state index in [0.717, 1.165) is 24.4 Å². The van der Waals surface area contributed by atoms with Crippen molar-refractivity contribution >= 4 is 22.4 Å². The average Bonchev–Trinajstić information content (AvgIpc) is 2.91. The summed E-state index contributed by atoms with van der Waals surface area (Å²) in [5.41, 5.74) is -0.0198. The normalized spacial score (nSPS) is 24.1. The van der Waals surface area contributed by atoms with Gasteiger partial charge < -0.3 is 0 Å². The molecule has 1 amide bonds. The molecular weight excluding hydrogens is 272 g/mol. The fourth-order valence-corrected chi connectivity index (χ4v) is 3.48. The Morgan fingerprint density at radius 3 is 2.65 bits per heavy atom. The molecule has 6 heteroatoms. The number of hydrogen-bond donors (Lipinski definition) is 1. The molecule has 1 aromatic heterocycles. The van der Waals surface area contributed by atoms with Crippen molar-refractivity contribution in [2.45, 2.75) is 64.0 Å². The van der Waals surface area contributed by atoms with Gasteiger partial charge in [-0.1, -0.05) is 32.1 Å². The first-order valence-corrected chi connectivity index (χ1v) is 8.17. The van der Waals surface area contributed by atoms with Crippen molar-refractivity contribution in [2.75, 3.05) is 11.9 Å². The van der Waals surface area contributed by atoms with Crippen LogP contribution >= 0.6 is 11.3 Å². The van der Waals surface area contributed by atoms with Gasteiger partial charge in [-0.25, -0.2) is 0 Å². The molecule has 0 unspecified atom stereocenters. The SMILES string of the molecule is CC(C)(C)c1nnc(NC(=O)[C@@H]2CCCN2C2CC2)s1. The van der Waals surface area contributed by atoms with Gasteiger partial charge >= 0.3 is 0 Å². The Morgan fingerprint density at radius 2 is 2.05 bits per heavy atom. The van der Waals surface area contributed by atoms with Crippen LogP contribution in [0.5, 0.6) is 0 Å². The van der Waals surface area contributed by atoms with E-state index >= 15 is 0 Å². The van der Waals surface area contributed by atoms with Crippen molar-refractivity contribution < 1.29 is 4.79 Å². The second-order valence-corrected chi connectivity index (χ2v) is 7.76. The Balaban J connectivity index is 1.65. The van der Waals surface area contributed by atoms with E-state index in [1.165, 1.54) is 24.2 Å². The number of carbonyl (C=O) groups is 1. The van der Waals surface area contributed by atoms with Crippen LogP contribution in [0.3, 0.4) is 0 Å². The number of carbonyl (C=O) groups excluding carboxylic acids is 1. The first-order chi connectivity index (χ1) is 9.45. The third kappa shape index (κ3) is 2.86. The summed E-state index contributed by atoms with van der Waals surface area (Å²) in [5.74, 6) is 0.0889. The molecule has 5 nitrogen and oxygen atoms in total. The Hall–Kier alpha value is -1.01. The summed E-state index contributed by atoms with van der Waals surface area (Å²) >= 11 is 1.48. The lowest BCUT2D eigenvalue weighted by Crippen LogP contribution is -2.40. The third-order valence-corrected chi connectivity index (χ3v) is 5.17. The van der Waals surface area contributed by atoms with Crippen LogP contribution in [0, 0.1) is 0 Å². The number of nitrogens with zero attached hydrogens (tertiary/aromatic N) is 3. The number of nitrogens with one attached hydrogen (secondary N) is 1. The number of hydrogen-bond acceptors (Lipinski definition) is 5. The molecule has 20 heavy (non-hydrogen) atoms. The number of rotatable bonds is 3. The molecular formula is C14H22N4OS. The maximum absolute atomic E-state index is 12.4. The van der Waals surface area contributed by atoms with Gasteiger partial charge in [0.15, 0.2) is 0 Å². The van der Waals surface area contributed by atoms with Crippen molar-refractivity contribution in [3.05, 3.63) is 5.01 Å². The van der Waals surface area contributed by atoms with Crippen LogP contribution in [-0.4, -0.2) is 39.6 Å². The summed E-state index contributed by atoms with van der Waals surface area (Å²) in [6, 6.07) is 0.678. The summed E-state index contributed by atoms with van der Waals surface area (Å²) in [5, 5.41) is 12.8. The Morgan fingerprint density at radius 1 is 1.30 bits per heavy atom. The topological polar surface area (TPSA) is 58.1 Å². The van der Waals surface area contributed by atoms with Gasteiger partial charge in [-0.2, -0.15) is 0 Å². The fourth-order valence-electron chi connectivity index (χ4n) is 2.68. The van der Waals surface area contributed by atoms with Gasteiger partial charge in [0.2, 0.25) is 11.0 Å². The second-order valence-electron chi connectivity index (χ2n) is 6.78. The highest BCUT2D eigenvalue weighted by Gasteiger charge is 2.40. The molecule has 0 aromatic carbocycles. The first-order valence-electron chi connectivity index (χ1n) is 7.36. The van der Waals surface area contributed by atoms with Crippen LogP contribution in [0.2, 0.25) is 0 Å². The molecule has 0 spiro atoms. The molecule has 1 atom stereocenters. The number of amides is 1. The summed E-state index contributed by atoms with van der Waals surface area (Å²) in [7, 11) is 0. The van der Waals surface area contributed by atoms with Crippen LogP contribution in [0.1, 0.15) is 51.5 Å². The van der Waals surface area contributed by atoms with E-state index < -0.39 is 0 Å². The minimum absolute atomic E-state index is 0.0198. The van der Waals surface area contributed by atoms with Crippen LogP contribution < -0.4 is 5.32 Å².